The molecule has 0 aromatic carbocycles. The van der Waals surface area contributed by atoms with Gasteiger partial charge in [0.15, 0.2) is 5.82 Å². The molecule has 1 N–H and O–H groups in total. The summed E-state index contributed by atoms with van der Waals surface area (Å²) >= 11 is 0. The van der Waals surface area contributed by atoms with Crippen LogP contribution in [-0.2, 0) is 30.4 Å². The van der Waals surface area contributed by atoms with Crippen molar-refractivity contribution in [1.82, 2.24) is 24.7 Å². The lowest BCUT2D eigenvalue weighted by Crippen LogP contribution is -2.50. The Morgan fingerprint density at radius 2 is 1.88 bits per heavy atom. The lowest BCUT2D eigenvalue weighted by atomic mass is 10.1. The van der Waals surface area contributed by atoms with E-state index in [0.29, 0.717) is 36.5 Å². The van der Waals surface area contributed by atoms with Crippen LogP contribution in [0.25, 0.3) is 0 Å². The number of aryl methyl sites for hydroxylation is 3. The monoisotopic (exact) mass is 473 g/mol. The number of nitrogens with one attached hydrogen (secondary N) is 1. The molecule has 0 saturated carbocycles. The number of fused-ring (bicyclic) bond motifs is 1. The topological polar surface area (TPSA) is 88.8 Å². The highest BCUT2D eigenvalue weighted by molar-refractivity contribution is 6.03. The Morgan fingerprint density at radius 3 is 2.53 bits per heavy atom. The SMILES string of the molecule is Cc1nc(CCc2cnn(Cc3ccc(C(F)(F)F)nc3)c2)nc2c1NC(=O)[C@H](C)N2C(C)C. The molecular formula is C23H26F3N7O. The van der Waals surface area contributed by atoms with Crippen LogP contribution in [0.2, 0.25) is 0 Å². The Morgan fingerprint density at radius 1 is 1.12 bits per heavy atom. The smallest absolute Gasteiger partial charge is 0.341 e. The minimum Gasteiger partial charge on any atom is -0.341 e. The molecule has 4 heterocycles. The van der Waals surface area contributed by atoms with E-state index in [9.17, 15) is 18.0 Å². The van der Waals surface area contributed by atoms with Crippen LogP contribution in [0.5, 0.6) is 0 Å². The van der Waals surface area contributed by atoms with Gasteiger partial charge in [0.1, 0.15) is 23.2 Å². The summed E-state index contributed by atoms with van der Waals surface area (Å²) in [7, 11) is 0. The predicted octanol–water partition coefficient (Wildman–Crippen LogP) is 3.78. The fourth-order valence-corrected chi connectivity index (χ4v) is 4.04. The molecule has 0 radical (unpaired) electrons. The molecule has 0 unspecified atom stereocenters. The number of rotatable bonds is 6. The third-order valence-corrected chi connectivity index (χ3v) is 5.75. The van der Waals surface area contributed by atoms with Crippen molar-refractivity contribution in [3.63, 3.8) is 0 Å². The van der Waals surface area contributed by atoms with Crippen molar-refractivity contribution in [3.8, 4) is 0 Å². The molecular weight excluding hydrogens is 447 g/mol. The highest BCUT2D eigenvalue weighted by Gasteiger charge is 2.34. The molecule has 1 atom stereocenters. The molecule has 4 rings (SSSR count). The molecule has 1 aliphatic heterocycles. The van der Waals surface area contributed by atoms with Crippen molar-refractivity contribution in [2.75, 3.05) is 10.2 Å². The van der Waals surface area contributed by atoms with E-state index in [-0.39, 0.29) is 18.0 Å². The normalized spacial score (nSPS) is 16.1. The van der Waals surface area contributed by atoms with Gasteiger partial charge in [0.25, 0.3) is 0 Å². The second kappa shape index (κ2) is 9.03. The molecule has 8 nitrogen and oxygen atoms in total. The van der Waals surface area contributed by atoms with Crippen molar-refractivity contribution in [2.45, 2.75) is 65.3 Å². The van der Waals surface area contributed by atoms with Gasteiger partial charge in [-0.2, -0.15) is 18.3 Å². The van der Waals surface area contributed by atoms with Gasteiger partial charge in [-0.3, -0.25) is 14.5 Å². The van der Waals surface area contributed by atoms with E-state index in [4.69, 9.17) is 4.98 Å². The number of nitrogens with zero attached hydrogens (tertiary/aromatic N) is 6. The van der Waals surface area contributed by atoms with E-state index in [1.54, 1.807) is 10.9 Å². The molecule has 180 valence electrons. The van der Waals surface area contributed by atoms with Gasteiger partial charge < -0.3 is 10.2 Å². The third-order valence-electron chi connectivity index (χ3n) is 5.75. The number of halogens is 3. The lowest BCUT2D eigenvalue weighted by molar-refractivity contribution is -0.141. The summed E-state index contributed by atoms with van der Waals surface area (Å²) in [5, 5.41) is 7.22. The average Bonchev–Trinajstić information content (AvgIpc) is 3.20. The predicted molar refractivity (Wildman–Crippen MR) is 120 cm³/mol. The molecule has 0 bridgehead atoms. The minimum absolute atomic E-state index is 0.0729. The van der Waals surface area contributed by atoms with Gasteiger partial charge in [0, 0.05) is 24.9 Å². The van der Waals surface area contributed by atoms with Gasteiger partial charge in [-0.05, 0) is 51.3 Å². The molecule has 0 aliphatic carbocycles. The molecule has 11 heteroatoms. The van der Waals surface area contributed by atoms with E-state index in [2.05, 4.69) is 20.4 Å². The molecule has 0 spiro atoms. The van der Waals surface area contributed by atoms with E-state index in [0.717, 1.165) is 23.1 Å². The Labute approximate surface area is 195 Å². The van der Waals surface area contributed by atoms with Crippen LogP contribution in [-0.4, -0.2) is 42.7 Å². The molecule has 0 saturated heterocycles. The van der Waals surface area contributed by atoms with Crippen LogP contribution in [0, 0.1) is 6.92 Å². The first-order chi connectivity index (χ1) is 16.0. The number of alkyl halides is 3. The maximum absolute atomic E-state index is 12.7. The zero-order chi connectivity index (χ0) is 24.6. The minimum atomic E-state index is -4.45. The average molecular weight is 474 g/mol. The van der Waals surface area contributed by atoms with Gasteiger partial charge in [0.2, 0.25) is 5.91 Å². The molecule has 1 aliphatic rings. The van der Waals surface area contributed by atoms with Gasteiger partial charge in [0.05, 0.1) is 18.4 Å². The van der Waals surface area contributed by atoms with Crippen molar-refractivity contribution in [1.29, 1.82) is 0 Å². The first-order valence-corrected chi connectivity index (χ1v) is 11.0. The summed E-state index contributed by atoms with van der Waals surface area (Å²) in [5.41, 5.74) is 2.04. The van der Waals surface area contributed by atoms with E-state index in [1.165, 1.54) is 12.3 Å². The second-order valence-electron chi connectivity index (χ2n) is 8.69. The number of amides is 1. The Hall–Kier alpha value is -3.50. The van der Waals surface area contributed by atoms with E-state index < -0.39 is 11.9 Å². The van der Waals surface area contributed by atoms with Crippen LogP contribution < -0.4 is 10.2 Å². The fourth-order valence-electron chi connectivity index (χ4n) is 4.04. The zero-order valence-corrected chi connectivity index (χ0v) is 19.4. The summed E-state index contributed by atoms with van der Waals surface area (Å²) in [6, 6.07) is 2.15. The molecule has 3 aromatic heterocycles. The number of carbonyl (C=O) groups excluding carboxylic acids is 1. The summed E-state index contributed by atoms with van der Waals surface area (Å²) < 4.78 is 39.7. The van der Waals surface area contributed by atoms with Crippen LogP contribution in [0.4, 0.5) is 24.7 Å². The van der Waals surface area contributed by atoms with Crippen molar-refractivity contribution < 1.29 is 18.0 Å². The quantitative estimate of drug-likeness (QED) is 0.586. The molecule has 1 amide bonds. The summed E-state index contributed by atoms with van der Waals surface area (Å²) in [5.74, 6) is 1.33. The number of pyridine rings is 1. The Kier molecular flexibility index (Phi) is 6.28. The van der Waals surface area contributed by atoms with Crippen LogP contribution in [0.15, 0.2) is 30.7 Å². The summed E-state index contributed by atoms with van der Waals surface area (Å²) in [6.07, 6.45) is 1.57. The number of carbonyl (C=O) groups is 1. The highest BCUT2D eigenvalue weighted by Crippen LogP contribution is 2.34. The molecule has 0 fully saturated rings. The summed E-state index contributed by atoms with van der Waals surface area (Å²) in [4.78, 5) is 27.2. The lowest BCUT2D eigenvalue weighted by Gasteiger charge is -2.38. The number of anilines is 2. The van der Waals surface area contributed by atoms with Crippen LogP contribution in [0.3, 0.4) is 0 Å². The molecule has 3 aromatic rings. The number of hydrogen-bond acceptors (Lipinski definition) is 6. The first-order valence-electron chi connectivity index (χ1n) is 11.0. The zero-order valence-electron chi connectivity index (χ0n) is 19.4. The highest BCUT2D eigenvalue weighted by atomic mass is 19.4. The molecule has 34 heavy (non-hydrogen) atoms. The summed E-state index contributed by atoms with van der Waals surface area (Å²) in [6.45, 7) is 8.08. The van der Waals surface area contributed by atoms with Gasteiger partial charge >= 0.3 is 6.18 Å². The fraction of sp³-hybridized carbons (Fsp3) is 0.435. The number of aromatic nitrogens is 5. The largest absolute Gasteiger partial charge is 0.433 e. The number of hydrogen-bond donors (Lipinski definition) is 1. The van der Waals surface area contributed by atoms with Crippen molar-refractivity contribution in [2.24, 2.45) is 0 Å². The van der Waals surface area contributed by atoms with Gasteiger partial charge in [-0.25, -0.2) is 9.97 Å². The van der Waals surface area contributed by atoms with Crippen LogP contribution >= 0.6 is 0 Å². The van der Waals surface area contributed by atoms with E-state index >= 15 is 0 Å². The standard InChI is InChI=1S/C23H26F3N7O/c1-13(2)33-15(4)22(34)31-20-14(3)29-19(30-21(20)33)8-6-17-10-28-32(12-17)11-16-5-7-18(27-9-16)23(24,25)26/h5,7,9-10,12-13,15H,6,8,11H2,1-4H3,(H,31,34)/t15-/m0/s1. The first kappa shape index (κ1) is 23.7. The second-order valence-corrected chi connectivity index (χ2v) is 8.69. The van der Waals surface area contributed by atoms with Crippen LogP contribution in [0.1, 0.15) is 49.1 Å². The van der Waals surface area contributed by atoms with Gasteiger partial charge in [-0.1, -0.05) is 6.07 Å². The Bertz CT molecular complexity index is 1190. The maximum Gasteiger partial charge on any atom is 0.433 e. The Balaban J connectivity index is 1.45. The van der Waals surface area contributed by atoms with Crippen molar-refractivity contribution in [3.05, 3.63) is 59.1 Å². The maximum atomic E-state index is 12.7. The van der Waals surface area contributed by atoms with E-state index in [1.807, 2.05) is 38.8 Å². The van der Waals surface area contributed by atoms with Gasteiger partial charge in [-0.15, -0.1) is 0 Å². The third kappa shape index (κ3) is 4.87. The van der Waals surface area contributed by atoms with Crippen molar-refractivity contribution >= 4 is 17.4 Å².